The van der Waals surface area contributed by atoms with Crippen molar-refractivity contribution in [2.75, 3.05) is 7.11 Å². The van der Waals surface area contributed by atoms with Gasteiger partial charge in [0.2, 0.25) is 10.0 Å². The Morgan fingerprint density at radius 1 is 1.04 bits per heavy atom. The topological polar surface area (TPSA) is 98.5 Å². The van der Waals surface area contributed by atoms with Crippen LogP contribution in [0.1, 0.15) is 11.1 Å². The molecule has 8 heteroatoms. The molecule has 0 spiro atoms. The summed E-state index contributed by atoms with van der Waals surface area (Å²) in [5.74, 6) is 0.462. The lowest BCUT2D eigenvalue weighted by atomic mass is 10.2. The third-order valence-corrected chi connectivity index (χ3v) is 4.46. The molecule has 0 saturated carbocycles. The van der Waals surface area contributed by atoms with E-state index in [1.165, 1.54) is 24.3 Å². The molecule has 0 atom stereocenters. The fourth-order valence-corrected chi connectivity index (χ4v) is 3.04. The monoisotopic (exact) mass is 336 g/mol. The number of non-ortho nitro benzene ring substituents is 1. The molecule has 0 heterocycles. The summed E-state index contributed by atoms with van der Waals surface area (Å²) in [4.78, 5) is 10.0. The molecule has 0 unspecified atom stereocenters. The van der Waals surface area contributed by atoms with Gasteiger partial charge >= 0.3 is 0 Å². The third-order valence-electron chi connectivity index (χ3n) is 3.16. The normalized spacial score (nSPS) is 11.2. The molecule has 0 radical (unpaired) electrons. The second-order valence-electron chi connectivity index (χ2n) is 4.85. The molecule has 7 nitrogen and oxygen atoms in total. The van der Waals surface area contributed by atoms with Crippen molar-refractivity contribution >= 4 is 15.7 Å². The van der Waals surface area contributed by atoms with Crippen LogP contribution in [0.15, 0.2) is 48.5 Å². The zero-order chi connectivity index (χ0) is 16.9. The molecular formula is C15H16N2O5S. The highest BCUT2D eigenvalue weighted by molar-refractivity contribution is 7.88. The summed E-state index contributed by atoms with van der Waals surface area (Å²) in [6, 6.07) is 12.5. The van der Waals surface area contributed by atoms with Crippen LogP contribution in [0, 0.1) is 10.1 Å². The summed E-state index contributed by atoms with van der Waals surface area (Å²) in [6.07, 6.45) is 0. The number of sulfonamides is 1. The van der Waals surface area contributed by atoms with Gasteiger partial charge in [-0.1, -0.05) is 24.3 Å². The van der Waals surface area contributed by atoms with E-state index in [-0.39, 0.29) is 18.0 Å². The van der Waals surface area contributed by atoms with Crippen LogP contribution in [0.4, 0.5) is 5.69 Å². The van der Waals surface area contributed by atoms with Gasteiger partial charge in [0.1, 0.15) is 5.75 Å². The quantitative estimate of drug-likeness (QED) is 0.617. The van der Waals surface area contributed by atoms with Crippen LogP contribution in [-0.2, 0) is 22.3 Å². The minimum Gasteiger partial charge on any atom is -0.497 e. The summed E-state index contributed by atoms with van der Waals surface area (Å²) in [5, 5.41) is 10.6. The number of nitrogens with one attached hydrogen (secondary N) is 1. The van der Waals surface area contributed by atoms with E-state index in [2.05, 4.69) is 4.72 Å². The largest absolute Gasteiger partial charge is 0.497 e. The minimum atomic E-state index is -3.53. The van der Waals surface area contributed by atoms with Gasteiger partial charge < -0.3 is 4.74 Å². The van der Waals surface area contributed by atoms with E-state index in [0.29, 0.717) is 11.3 Å². The van der Waals surface area contributed by atoms with Gasteiger partial charge in [-0.2, -0.15) is 0 Å². The fourth-order valence-electron chi connectivity index (χ4n) is 1.92. The molecule has 0 fully saturated rings. The summed E-state index contributed by atoms with van der Waals surface area (Å²) < 4.78 is 31.6. The first kappa shape index (κ1) is 16.9. The van der Waals surface area contributed by atoms with E-state index >= 15 is 0 Å². The fraction of sp³-hybridized carbons (Fsp3) is 0.200. The van der Waals surface area contributed by atoms with Crippen molar-refractivity contribution in [3.05, 3.63) is 69.8 Å². The second kappa shape index (κ2) is 7.21. The van der Waals surface area contributed by atoms with E-state index in [1.807, 2.05) is 0 Å². The molecular weight excluding hydrogens is 320 g/mol. The number of nitro groups is 1. The lowest BCUT2D eigenvalue weighted by Crippen LogP contribution is -2.24. The molecule has 122 valence electrons. The third kappa shape index (κ3) is 5.04. The average molecular weight is 336 g/mol. The van der Waals surface area contributed by atoms with Crippen molar-refractivity contribution in [1.29, 1.82) is 0 Å². The molecule has 1 N–H and O–H groups in total. The average Bonchev–Trinajstić information content (AvgIpc) is 2.53. The van der Waals surface area contributed by atoms with Crippen molar-refractivity contribution in [1.82, 2.24) is 4.72 Å². The van der Waals surface area contributed by atoms with Crippen molar-refractivity contribution in [2.45, 2.75) is 12.3 Å². The maximum atomic E-state index is 12.0. The molecule has 0 amide bonds. The lowest BCUT2D eigenvalue weighted by Gasteiger charge is -2.07. The van der Waals surface area contributed by atoms with Crippen molar-refractivity contribution in [2.24, 2.45) is 0 Å². The zero-order valence-electron chi connectivity index (χ0n) is 12.4. The number of nitrogens with zero attached hydrogens (tertiary/aromatic N) is 1. The Morgan fingerprint density at radius 2 is 1.61 bits per heavy atom. The van der Waals surface area contributed by atoms with Gasteiger partial charge in [0.15, 0.2) is 0 Å². The molecule has 0 aliphatic rings. The van der Waals surface area contributed by atoms with Crippen LogP contribution in [0.25, 0.3) is 0 Å². The van der Waals surface area contributed by atoms with Crippen molar-refractivity contribution in [3.63, 3.8) is 0 Å². The minimum absolute atomic E-state index is 0.0719. The van der Waals surface area contributed by atoms with Crippen LogP contribution in [-0.4, -0.2) is 20.5 Å². The highest BCUT2D eigenvalue weighted by Gasteiger charge is 2.13. The van der Waals surface area contributed by atoms with E-state index < -0.39 is 14.9 Å². The molecule has 23 heavy (non-hydrogen) atoms. The summed E-state index contributed by atoms with van der Waals surface area (Å²) in [7, 11) is -1.98. The van der Waals surface area contributed by atoms with E-state index in [0.717, 1.165) is 5.56 Å². The second-order valence-corrected chi connectivity index (χ2v) is 6.66. The number of hydrogen-bond acceptors (Lipinski definition) is 5. The molecule has 2 aromatic carbocycles. The van der Waals surface area contributed by atoms with E-state index in [9.17, 15) is 18.5 Å². The Labute approximate surface area is 134 Å². The highest BCUT2D eigenvalue weighted by atomic mass is 32.2. The molecule has 2 aromatic rings. The van der Waals surface area contributed by atoms with Crippen molar-refractivity contribution in [3.8, 4) is 5.75 Å². The molecule has 0 bridgehead atoms. The molecule has 0 aromatic heterocycles. The first-order valence-corrected chi connectivity index (χ1v) is 8.38. The number of benzene rings is 2. The maximum Gasteiger partial charge on any atom is 0.269 e. The number of rotatable bonds is 7. The van der Waals surface area contributed by atoms with E-state index in [4.69, 9.17) is 4.74 Å². The van der Waals surface area contributed by atoms with E-state index in [1.54, 1.807) is 31.4 Å². The Morgan fingerprint density at radius 3 is 2.13 bits per heavy atom. The number of nitro benzene ring substituents is 1. The van der Waals surface area contributed by atoms with Gasteiger partial charge in [0, 0.05) is 18.7 Å². The summed E-state index contributed by atoms with van der Waals surface area (Å²) in [5.41, 5.74) is 1.22. The first-order valence-electron chi connectivity index (χ1n) is 6.73. The summed E-state index contributed by atoms with van der Waals surface area (Å²) in [6.45, 7) is 0.166. The number of hydrogen-bond donors (Lipinski definition) is 1. The predicted molar refractivity (Wildman–Crippen MR) is 85.6 cm³/mol. The maximum absolute atomic E-state index is 12.0. The van der Waals surface area contributed by atoms with Crippen LogP contribution in [0.2, 0.25) is 0 Å². The van der Waals surface area contributed by atoms with Crippen molar-refractivity contribution < 1.29 is 18.1 Å². The Bertz CT molecular complexity index is 771. The highest BCUT2D eigenvalue weighted by Crippen LogP contribution is 2.14. The van der Waals surface area contributed by atoms with Gasteiger partial charge in [-0.3, -0.25) is 10.1 Å². The number of methoxy groups -OCH3 is 1. The first-order chi connectivity index (χ1) is 10.9. The Hall–Kier alpha value is -2.45. The number of ether oxygens (including phenoxy) is 1. The smallest absolute Gasteiger partial charge is 0.269 e. The molecule has 0 aliphatic carbocycles. The van der Waals surface area contributed by atoms with Gasteiger partial charge in [-0.25, -0.2) is 13.1 Å². The predicted octanol–water partition coefficient (Wildman–Crippen LogP) is 2.22. The Balaban J connectivity index is 1.96. The Kier molecular flexibility index (Phi) is 5.30. The molecule has 0 aliphatic heterocycles. The van der Waals surface area contributed by atoms with Gasteiger partial charge in [0.05, 0.1) is 17.8 Å². The zero-order valence-corrected chi connectivity index (χ0v) is 13.2. The lowest BCUT2D eigenvalue weighted by molar-refractivity contribution is -0.384. The molecule has 0 saturated heterocycles. The molecule has 2 rings (SSSR count). The van der Waals surface area contributed by atoms with Crippen LogP contribution >= 0.6 is 0 Å². The van der Waals surface area contributed by atoms with Crippen LogP contribution in [0.5, 0.6) is 5.75 Å². The SMILES string of the molecule is COc1ccc(CNS(=O)(=O)Cc2ccc([N+](=O)[O-])cc2)cc1. The standard InChI is InChI=1S/C15H16N2O5S/c1-22-15-8-4-12(5-9-15)10-16-23(20,21)11-13-2-6-14(7-3-13)17(18)19/h2-9,16H,10-11H2,1H3. The van der Waals surface area contributed by atoms with Crippen LogP contribution in [0.3, 0.4) is 0 Å². The van der Waals surface area contributed by atoms with Gasteiger partial charge in [-0.05, 0) is 23.3 Å². The van der Waals surface area contributed by atoms with Gasteiger partial charge in [0.25, 0.3) is 5.69 Å². The van der Waals surface area contributed by atoms with Gasteiger partial charge in [-0.15, -0.1) is 0 Å². The van der Waals surface area contributed by atoms with Crippen LogP contribution < -0.4 is 9.46 Å². The summed E-state index contributed by atoms with van der Waals surface area (Å²) >= 11 is 0.